The van der Waals surface area contributed by atoms with E-state index in [0.29, 0.717) is 5.82 Å². The van der Waals surface area contributed by atoms with Gasteiger partial charge >= 0.3 is 0 Å². The molecule has 2 aromatic rings. The standard InChI is InChI=1S/C23H28N4O4/c1-26-14-12-24-21(26)20(15-7-9-16(31-2)10-8-15)25-19(28)11-13-27-22(29)17-5-3-4-6-18(17)23(27)30/h7-10,12,14,17-18,20H,3-6,11,13H2,1-2H3,(H,25,28)/t17-,18+,20-/m0/s1. The third kappa shape index (κ3) is 4.19. The molecule has 0 radical (unpaired) electrons. The first-order valence-electron chi connectivity index (χ1n) is 10.8. The molecule has 8 nitrogen and oxygen atoms in total. The summed E-state index contributed by atoms with van der Waals surface area (Å²) < 4.78 is 7.08. The number of imide groups is 1. The fraction of sp³-hybridized carbons (Fsp3) is 0.478. The zero-order valence-electron chi connectivity index (χ0n) is 17.9. The zero-order chi connectivity index (χ0) is 22.0. The molecule has 1 aliphatic heterocycles. The van der Waals surface area contributed by atoms with E-state index in [9.17, 15) is 14.4 Å². The van der Waals surface area contributed by atoms with E-state index >= 15 is 0 Å². The summed E-state index contributed by atoms with van der Waals surface area (Å²) in [6.45, 7) is 0.117. The molecule has 164 valence electrons. The van der Waals surface area contributed by atoms with Gasteiger partial charge in [0.1, 0.15) is 17.6 Å². The minimum absolute atomic E-state index is 0.0635. The number of fused-ring (bicyclic) bond motifs is 1. The number of amides is 3. The van der Waals surface area contributed by atoms with Gasteiger partial charge in [0.15, 0.2) is 0 Å². The van der Waals surface area contributed by atoms with Crippen LogP contribution in [-0.2, 0) is 21.4 Å². The monoisotopic (exact) mass is 424 g/mol. The molecule has 4 rings (SSSR count). The highest BCUT2D eigenvalue weighted by Gasteiger charge is 2.47. The van der Waals surface area contributed by atoms with Crippen molar-refractivity contribution in [1.29, 1.82) is 0 Å². The van der Waals surface area contributed by atoms with E-state index in [-0.39, 0.29) is 42.5 Å². The predicted octanol–water partition coefficient (Wildman–Crippen LogP) is 2.20. The molecule has 2 fully saturated rings. The lowest BCUT2D eigenvalue weighted by Gasteiger charge is -2.20. The number of carbonyl (C=O) groups excluding carboxylic acids is 3. The van der Waals surface area contributed by atoms with Gasteiger partial charge in [-0.05, 0) is 30.5 Å². The molecule has 2 heterocycles. The van der Waals surface area contributed by atoms with Crippen LogP contribution in [0.25, 0.3) is 0 Å². The summed E-state index contributed by atoms with van der Waals surface area (Å²) in [6, 6.07) is 6.99. The minimum Gasteiger partial charge on any atom is -0.497 e. The van der Waals surface area contributed by atoms with Gasteiger partial charge in [-0.25, -0.2) is 4.98 Å². The Morgan fingerprint density at radius 1 is 1.16 bits per heavy atom. The third-order valence-corrected chi connectivity index (χ3v) is 6.37. The predicted molar refractivity (Wildman–Crippen MR) is 113 cm³/mol. The van der Waals surface area contributed by atoms with Crippen molar-refractivity contribution in [2.45, 2.75) is 38.1 Å². The first-order chi connectivity index (χ1) is 15.0. The van der Waals surface area contributed by atoms with Crippen molar-refractivity contribution in [1.82, 2.24) is 19.8 Å². The van der Waals surface area contributed by atoms with Crippen LogP contribution in [0.5, 0.6) is 5.75 Å². The maximum Gasteiger partial charge on any atom is 0.233 e. The van der Waals surface area contributed by atoms with Crippen LogP contribution in [0.2, 0.25) is 0 Å². The van der Waals surface area contributed by atoms with E-state index in [1.807, 2.05) is 42.1 Å². The summed E-state index contributed by atoms with van der Waals surface area (Å²) in [5.74, 6) is 0.572. The Balaban J connectivity index is 1.45. The Kier molecular flexibility index (Phi) is 6.06. The fourth-order valence-electron chi connectivity index (χ4n) is 4.65. The summed E-state index contributed by atoms with van der Waals surface area (Å²) in [4.78, 5) is 43.8. The number of hydrogen-bond donors (Lipinski definition) is 1. The number of nitrogens with one attached hydrogen (secondary N) is 1. The zero-order valence-corrected chi connectivity index (χ0v) is 17.9. The molecule has 1 aromatic heterocycles. The molecule has 1 aliphatic carbocycles. The molecular weight excluding hydrogens is 396 g/mol. The molecule has 1 saturated carbocycles. The highest BCUT2D eigenvalue weighted by Crippen LogP contribution is 2.38. The van der Waals surface area contributed by atoms with Gasteiger partial charge in [-0.1, -0.05) is 25.0 Å². The van der Waals surface area contributed by atoms with E-state index in [0.717, 1.165) is 37.0 Å². The Labute approximate surface area is 181 Å². The Morgan fingerprint density at radius 2 is 1.81 bits per heavy atom. The SMILES string of the molecule is COc1ccc([C@H](NC(=O)CCN2C(=O)[C@H]3CCCC[C@H]3C2=O)c2nccn2C)cc1. The number of carbonyl (C=O) groups is 3. The number of ether oxygens (including phenoxy) is 1. The fourth-order valence-corrected chi connectivity index (χ4v) is 4.65. The number of hydrogen-bond acceptors (Lipinski definition) is 5. The molecule has 1 aromatic carbocycles. The van der Waals surface area contributed by atoms with E-state index in [4.69, 9.17) is 4.74 Å². The molecule has 0 unspecified atom stereocenters. The number of benzene rings is 1. The van der Waals surface area contributed by atoms with Gasteiger partial charge in [-0.15, -0.1) is 0 Å². The van der Waals surface area contributed by atoms with Crippen molar-refractivity contribution in [3.63, 3.8) is 0 Å². The maximum atomic E-state index is 12.8. The van der Waals surface area contributed by atoms with Gasteiger partial charge in [0, 0.05) is 32.4 Å². The van der Waals surface area contributed by atoms with E-state index in [1.165, 1.54) is 4.90 Å². The topological polar surface area (TPSA) is 93.5 Å². The highest BCUT2D eigenvalue weighted by atomic mass is 16.5. The minimum atomic E-state index is -0.453. The molecule has 0 bridgehead atoms. The van der Waals surface area contributed by atoms with Crippen LogP contribution in [0.1, 0.15) is 49.5 Å². The number of imidazole rings is 1. The van der Waals surface area contributed by atoms with Gasteiger partial charge in [-0.3, -0.25) is 19.3 Å². The quantitative estimate of drug-likeness (QED) is 0.688. The number of aryl methyl sites for hydroxylation is 1. The summed E-state index contributed by atoms with van der Waals surface area (Å²) >= 11 is 0. The number of aromatic nitrogens is 2. The molecule has 2 aliphatic rings. The highest BCUT2D eigenvalue weighted by molar-refractivity contribution is 6.05. The maximum absolute atomic E-state index is 12.8. The van der Waals surface area contributed by atoms with Crippen LogP contribution in [0.15, 0.2) is 36.7 Å². The van der Waals surface area contributed by atoms with Crippen LogP contribution in [-0.4, -0.2) is 45.8 Å². The van der Waals surface area contributed by atoms with Crippen LogP contribution in [0, 0.1) is 11.8 Å². The van der Waals surface area contributed by atoms with Crippen LogP contribution < -0.4 is 10.1 Å². The van der Waals surface area contributed by atoms with E-state index in [1.54, 1.807) is 13.3 Å². The first-order valence-corrected chi connectivity index (χ1v) is 10.8. The Bertz CT molecular complexity index is 944. The Hall–Kier alpha value is -3.16. The molecule has 0 spiro atoms. The van der Waals surface area contributed by atoms with Crippen LogP contribution in [0.3, 0.4) is 0 Å². The average molecular weight is 425 g/mol. The van der Waals surface area contributed by atoms with Crippen LogP contribution >= 0.6 is 0 Å². The van der Waals surface area contributed by atoms with Crippen molar-refractivity contribution in [2.75, 3.05) is 13.7 Å². The van der Waals surface area contributed by atoms with Gasteiger partial charge in [0.05, 0.1) is 18.9 Å². The molecule has 1 saturated heterocycles. The van der Waals surface area contributed by atoms with E-state index in [2.05, 4.69) is 10.3 Å². The molecule has 1 N–H and O–H groups in total. The van der Waals surface area contributed by atoms with Gasteiger partial charge in [0.25, 0.3) is 0 Å². The smallest absolute Gasteiger partial charge is 0.233 e. The molecule has 31 heavy (non-hydrogen) atoms. The van der Waals surface area contributed by atoms with E-state index < -0.39 is 6.04 Å². The summed E-state index contributed by atoms with van der Waals surface area (Å²) in [7, 11) is 3.47. The van der Waals surface area contributed by atoms with Gasteiger partial charge in [-0.2, -0.15) is 0 Å². The second kappa shape index (κ2) is 8.91. The molecular formula is C23H28N4O4. The lowest BCUT2D eigenvalue weighted by atomic mass is 9.81. The third-order valence-electron chi connectivity index (χ3n) is 6.37. The average Bonchev–Trinajstić information content (AvgIpc) is 3.32. The van der Waals surface area contributed by atoms with Crippen molar-refractivity contribution in [3.05, 3.63) is 48.0 Å². The van der Waals surface area contributed by atoms with Crippen molar-refractivity contribution in [3.8, 4) is 5.75 Å². The summed E-state index contributed by atoms with van der Waals surface area (Å²) in [5, 5.41) is 3.02. The van der Waals surface area contributed by atoms with Gasteiger partial charge in [0.2, 0.25) is 17.7 Å². The number of methoxy groups -OCH3 is 1. The molecule has 3 amide bonds. The normalized spacial score (nSPS) is 21.7. The molecule has 3 atom stereocenters. The van der Waals surface area contributed by atoms with Gasteiger partial charge < -0.3 is 14.6 Å². The number of rotatable bonds is 7. The second-order valence-electron chi connectivity index (χ2n) is 8.25. The molecule has 8 heteroatoms. The van der Waals surface area contributed by atoms with Crippen molar-refractivity contribution >= 4 is 17.7 Å². The second-order valence-corrected chi connectivity index (χ2v) is 8.25. The summed E-state index contributed by atoms with van der Waals surface area (Å²) in [5.41, 5.74) is 0.864. The summed E-state index contributed by atoms with van der Waals surface area (Å²) in [6.07, 6.45) is 7.09. The van der Waals surface area contributed by atoms with Crippen molar-refractivity contribution in [2.24, 2.45) is 18.9 Å². The number of nitrogens with zero attached hydrogens (tertiary/aromatic N) is 3. The Morgan fingerprint density at radius 3 is 2.35 bits per heavy atom. The van der Waals surface area contributed by atoms with Crippen LogP contribution in [0.4, 0.5) is 0 Å². The largest absolute Gasteiger partial charge is 0.497 e. The number of likely N-dealkylation sites (tertiary alicyclic amines) is 1. The first kappa shape index (κ1) is 21.1. The van der Waals surface area contributed by atoms with Crippen molar-refractivity contribution < 1.29 is 19.1 Å². The lowest BCUT2D eigenvalue weighted by Crippen LogP contribution is -2.37. The lowest BCUT2D eigenvalue weighted by molar-refractivity contribution is -0.140.